The van der Waals surface area contributed by atoms with E-state index in [0.29, 0.717) is 0 Å². The minimum atomic E-state index is -0.991. The highest BCUT2D eigenvalue weighted by Crippen LogP contribution is 2.27. The van der Waals surface area contributed by atoms with Crippen molar-refractivity contribution >= 4 is 52.5 Å². The van der Waals surface area contributed by atoms with Crippen LogP contribution in [-0.4, -0.2) is 47.6 Å². The summed E-state index contributed by atoms with van der Waals surface area (Å²) in [5.41, 5.74) is -0.625. The third-order valence-corrected chi connectivity index (χ3v) is 5.42. The molecule has 1 atom stereocenters. The number of benzene rings is 2. The molecule has 0 bridgehead atoms. The molecule has 2 rings (SSSR count). The standard InChI is InChI=1S/C25H30Cl2N4O7/c1-14(2)21(23(33)29-19-8-7-16(31(35)36)13-18(19)27)30-22(32)17-12-15(26)6-9-20(17)37-11-10-28-24(34)38-25(3,4)5/h6-9,12-14,21H,10-11H2,1-5H3,(H,28,34)(H,29,33)(H,30,32). The van der Waals surface area contributed by atoms with Crippen molar-refractivity contribution in [3.8, 4) is 5.75 Å². The lowest BCUT2D eigenvalue weighted by Crippen LogP contribution is -2.47. The number of nitrogens with zero attached hydrogens (tertiary/aromatic N) is 1. The van der Waals surface area contributed by atoms with E-state index in [4.69, 9.17) is 32.7 Å². The Labute approximate surface area is 230 Å². The number of amides is 3. The van der Waals surface area contributed by atoms with Crippen molar-refractivity contribution in [2.75, 3.05) is 18.5 Å². The van der Waals surface area contributed by atoms with Gasteiger partial charge in [0.25, 0.3) is 11.6 Å². The molecule has 0 heterocycles. The fraction of sp³-hybridized carbons (Fsp3) is 0.400. The van der Waals surface area contributed by atoms with E-state index < -0.39 is 34.5 Å². The molecule has 2 aromatic rings. The molecule has 0 aliphatic carbocycles. The number of non-ortho nitro benzene ring substituents is 1. The summed E-state index contributed by atoms with van der Waals surface area (Å²) in [6.07, 6.45) is -0.603. The molecule has 3 amide bonds. The first kappa shape index (κ1) is 30.7. The molecular weight excluding hydrogens is 539 g/mol. The van der Waals surface area contributed by atoms with Crippen LogP contribution in [-0.2, 0) is 9.53 Å². The smallest absolute Gasteiger partial charge is 0.407 e. The van der Waals surface area contributed by atoms with Crippen LogP contribution >= 0.6 is 23.2 Å². The summed E-state index contributed by atoms with van der Waals surface area (Å²) in [4.78, 5) is 48.3. The zero-order chi connectivity index (χ0) is 28.6. The molecule has 0 fully saturated rings. The van der Waals surface area contributed by atoms with Gasteiger partial charge in [0.05, 0.1) is 27.7 Å². The predicted octanol–water partition coefficient (Wildman–Crippen LogP) is 5.20. The summed E-state index contributed by atoms with van der Waals surface area (Å²) in [5, 5.41) is 19.0. The number of carbonyl (C=O) groups excluding carboxylic acids is 3. The van der Waals surface area contributed by atoms with Crippen LogP contribution in [0.25, 0.3) is 0 Å². The van der Waals surface area contributed by atoms with Gasteiger partial charge in [-0.25, -0.2) is 4.79 Å². The quantitative estimate of drug-likeness (QED) is 0.202. The highest BCUT2D eigenvalue weighted by atomic mass is 35.5. The average molecular weight is 569 g/mol. The summed E-state index contributed by atoms with van der Waals surface area (Å²) >= 11 is 12.2. The van der Waals surface area contributed by atoms with Gasteiger partial charge in [-0.05, 0) is 51.0 Å². The second kappa shape index (κ2) is 13.3. The van der Waals surface area contributed by atoms with Gasteiger partial charge in [-0.1, -0.05) is 37.0 Å². The maximum atomic E-state index is 13.2. The molecule has 0 aliphatic rings. The lowest BCUT2D eigenvalue weighted by Gasteiger charge is -2.23. The van der Waals surface area contributed by atoms with Gasteiger partial charge in [0.1, 0.15) is 24.0 Å². The van der Waals surface area contributed by atoms with Crippen molar-refractivity contribution in [2.24, 2.45) is 5.92 Å². The predicted molar refractivity (Wildman–Crippen MR) is 144 cm³/mol. The summed E-state index contributed by atoms with van der Waals surface area (Å²) in [6.45, 7) is 8.85. The van der Waals surface area contributed by atoms with Crippen LogP contribution in [0.4, 0.5) is 16.2 Å². The second-order valence-corrected chi connectivity index (χ2v) is 10.4. The van der Waals surface area contributed by atoms with Crippen LogP contribution in [0.3, 0.4) is 0 Å². The molecule has 0 aliphatic heterocycles. The highest BCUT2D eigenvalue weighted by Gasteiger charge is 2.27. The van der Waals surface area contributed by atoms with Gasteiger partial charge >= 0.3 is 6.09 Å². The summed E-state index contributed by atoms with van der Waals surface area (Å²) < 4.78 is 10.8. The molecule has 3 N–H and O–H groups in total. The molecule has 0 radical (unpaired) electrons. The molecule has 11 nitrogen and oxygen atoms in total. The van der Waals surface area contributed by atoms with Gasteiger partial charge in [0.2, 0.25) is 5.91 Å². The lowest BCUT2D eigenvalue weighted by molar-refractivity contribution is -0.384. The van der Waals surface area contributed by atoms with Gasteiger partial charge in [-0.3, -0.25) is 19.7 Å². The first-order chi connectivity index (χ1) is 17.7. The number of nitro groups is 1. The monoisotopic (exact) mass is 568 g/mol. The third kappa shape index (κ3) is 9.38. The number of rotatable bonds is 10. The molecule has 38 heavy (non-hydrogen) atoms. The average Bonchev–Trinajstić information content (AvgIpc) is 2.80. The molecule has 0 saturated heterocycles. The fourth-order valence-electron chi connectivity index (χ4n) is 3.12. The van der Waals surface area contributed by atoms with Crippen LogP contribution < -0.4 is 20.7 Å². The number of anilines is 1. The molecule has 206 valence electrons. The van der Waals surface area contributed by atoms with E-state index in [9.17, 15) is 24.5 Å². The zero-order valence-corrected chi connectivity index (χ0v) is 23.1. The Morgan fingerprint density at radius 1 is 1.08 bits per heavy atom. The van der Waals surface area contributed by atoms with Crippen LogP contribution in [0.1, 0.15) is 45.0 Å². The van der Waals surface area contributed by atoms with E-state index >= 15 is 0 Å². The molecule has 13 heteroatoms. The van der Waals surface area contributed by atoms with E-state index in [-0.39, 0.29) is 51.8 Å². The Morgan fingerprint density at radius 3 is 2.34 bits per heavy atom. The maximum Gasteiger partial charge on any atom is 0.407 e. The topological polar surface area (TPSA) is 149 Å². The number of nitro benzene ring substituents is 1. The largest absolute Gasteiger partial charge is 0.491 e. The van der Waals surface area contributed by atoms with Gasteiger partial charge in [-0.15, -0.1) is 0 Å². The Morgan fingerprint density at radius 2 is 1.76 bits per heavy atom. The Balaban J connectivity index is 2.10. The van der Waals surface area contributed by atoms with Gasteiger partial charge in [0.15, 0.2) is 0 Å². The zero-order valence-electron chi connectivity index (χ0n) is 21.6. The van der Waals surface area contributed by atoms with Crippen LogP contribution in [0.5, 0.6) is 5.75 Å². The number of ether oxygens (including phenoxy) is 2. The second-order valence-electron chi connectivity index (χ2n) is 9.52. The van der Waals surface area contributed by atoms with E-state index in [1.54, 1.807) is 34.6 Å². The van der Waals surface area contributed by atoms with Crippen molar-refractivity contribution in [1.29, 1.82) is 0 Å². The normalized spacial score (nSPS) is 11.9. The minimum absolute atomic E-state index is 0.0214. The van der Waals surface area contributed by atoms with Crippen molar-refractivity contribution in [2.45, 2.75) is 46.3 Å². The van der Waals surface area contributed by atoms with E-state index in [1.165, 1.54) is 30.3 Å². The van der Waals surface area contributed by atoms with E-state index in [1.807, 2.05) is 0 Å². The van der Waals surface area contributed by atoms with Crippen molar-refractivity contribution in [3.63, 3.8) is 0 Å². The summed E-state index contributed by atoms with van der Waals surface area (Å²) in [5.74, 6) is -1.34. The Bertz CT molecular complexity index is 1200. The number of alkyl carbamates (subject to hydrolysis) is 1. The number of hydrogen-bond donors (Lipinski definition) is 3. The maximum absolute atomic E-state index is 13.2. The number of nitrogens with one attached hydrogen (secondary N) is 3. The summed E-state index contributed by atoms with van der Waals surface area (Å²) in [7, 11) is 0. The lowest BCUT2D eigenvalue weighted by atomic mass is 10.0. The first-order valence-corrected chi connectivity index (χ1v) is 12.4. The molecule has 0 saturated carbocycles. The van der Waals surface area contributed by atoms with Crippen molar-refractivity contribution in [3.05, 3.63) is 62.1 Å². The van der Waals surface area contributed by atoms with Crippen LogP contribution in [0.2, 0.25) is 10.0 Å². The Hall–Kier alpha value is -3.57. The van der Waals surface area contributed by atoms with Crippen LogP contribution in [0.15, 0.2) is 36.4 Å². The SMILES string of the molecule is CC(C)C(NC(=O)c1cc(Cl)ccc1OCCNC(=O)OC(C)(C)C)C(=O)Nc1ccc([N+](=O)[O-])cc1Cl. The van der Waals surface area contributed by atoms with Crippen molar-refractivity contribution < 1.29 is 28.8 Å². The molecule has 0 spiro atoms. The third-order valence-electron chi connectivity index (χ3n) is 4.87. The molecule has 1 unspecified atom stereocenters. The minimum Gasteiger partial charge on any atom is -0.491 e. The van der Waals surface area contributed by atoms with Gasteiger partial charge in [0, 0.05) is 17.2 Å². The van der Waals surface area contributed by atoms with Crippen LogP contribution in [0, 0.1) is 16.0 Å². The van der Waals surface area contributed by atoms with E-state index in [0.717, 1.165) is 6.07 Å². The fourth-order valence-corrected chi connectivity index (χ4v) is 3.51. The Kier molecular flexibility index (Phi) is 10.7. The molecular formula is C25H30Cl2N4O7. The summed E-state index contributed by atoms with van der Waals surface area (Å²) in [6, 6.07) is 7.09. The number of hydrogen-bond acceptors (Lipinski definition) is 7. The first-order valence-electron chi connectivity index (χ1n) is 11.6. The van der Waals surface area contributed by atoms with Gasteiger partial charge < -0.3 is 25.4 Å². The number of carbonyl (C=O) groups is 3. The van der Waals surface area contributed by atoms with E-state index in [2.05, 4.69) is 16.0 Å². The number of halogens is 2. The molecule has 0 aromatic heterocycles. The van der Waals surface area contributed by atoms with Gasteiger partial charge in [-0.2, -0.15) is 0 Å². The molecule has 2 aromatic carbocycles. The highest BCUT2D eigenvalue weighted by molar-refractivity contribution is 6.34. The van der Waals surface area contributed by atoms with Crippen molar-refractivity contribution in [1.82, 2.24) is 10.6 Å².